The third-order valence-electron chi connectivity index (χ3n) is 4.91. The van der Waals surface area contributed by atoms with Crippen molar-refractivity contribution in [2.75, 3.05) is 37.8 Å². The van der Waals surface area contributed by atoms with Crippen molar-refractivity contribution in [3.8, 4) is 0 Å². The summed E-state index contributed by atoms with van der Waals surface area (Å²) < 4.78 is 5.36. The number of hydrogen-bond acceptors (Lipinski definition) is 4. The molecule has 1 unspecified atom stereocenters. The average Bonchev–Trinajstić information content (AvgIpc) is 3.47. The number of nitrogens with zero attached hydrogens (tertiary/aromatic N) is 1. The van der Waals surface area contributed by atoms with E-state index >= 15 is 0 Å². The van der Waals surface area contributed by atoms with E-state index in [1.54, 1.807) is 6.08 Å². The maximum absolute atomic E-state index is 12.1. The first-order valence-corrected chi connectivity index (χ1v) is 8.64. The monoisotopic (exact) mass is 330 g/mol. The summed E-state index contributed by atoms with van der Waals surface area (Å²) in [5.74, 6) is 0.239. The van der Waals surface area contributed by atoms with Gasteiger partial charge < -0.3 is 20.1 Å². The summed E-state index contributed by atoms with van der Waals surface area (Å²) in [7, 11) is 0. The van der Waals surface area contributed by atoms with Gasteiger partial charge in [0.05, 0.1) is 25.4 Å². The highest BCUT2D eigenvalue weighted by Gasteiger charge is 2.41. The third kappa shape index (κ3) is 4.16. The second-order valence-corrected chi connectivity index (χ2v) is 6.86. The molecule has 1 aliphatic carbocycles. The van der Waals surface area contributed by atoms with Crippen LogP contribution in [0.3, 0.4) is 0 Å². The number of carbonyl (C=O) groups excluding carboxylic acids is 1. The highest BCUT2D eigenvalue weighted by molar-refractivity contribution is 5.92. The van der Waals surface area contributed by atoms with Crippen LogP contribution in [0.5, 0.6) is 0 Å². The molecule has 1 saturated carbocycles. The molecule has 1 saturated heterocycles. The molecule has 2 fully saturated rings. The predicted molar refractivity (Wildman–Crippen MR) is 94.9 cm³/mol. The quantitative estimate of drug-likeness (QED) is 0.781. The molecule has 1 aliphatic heterocycles. The van der Waals surface area contributed by atoms with Crippen LogP contribution in [0.4, 0.5) is 5.69 Å². The summed E-state index contributed by atoms with van der Waals surface area (Å²) in [5, 5.41) is 12.5. The van der Waals surface area contributed by atoms with Crippen molar-refractivity contribution < 1.29 is 14.6 Å². The molecule has 130 valence electrons. The SMILES string of the molecule is CC(CO)(NC(=O)/C=C/c1ccc(N2CCOCC2)cc1)C1CC1. The zero-order valence-corrected chi connectivity index (χ0v) is 14.2. The lowest BCUT2D eigenvalue weighted by molar-refractivity contribution is -0.119. The van der Waals surface area contributed by atoms with Gasteiger partial charge in [-0.15, -0.1) is 0 Å². The summed E-state index contributed by atoms with van der Waals surface area (Å²) in [6.07, 6.45) is 5.50. The largest absolute Gasteiger partial charge is 0.394 e. The van der Waals surface area contributed by atoms with E-state index in [-0.39, 0.29) is 12.5 Å². The van der Waals surface area contributed by atoms with Crippen LogP contribution in [0.2, 0.25) is 0 Å². The fourth-order valence-corrected chi connectivity index (χ4v) is 3.10. The standard InChI is InChI=1S/C19H26N2O3/c1-19(14-22,16-5-6-16)20-18(23)9-4-15-2-7-17(8-3-15)21-10-12-24-13-11-21/h2-4,7-9,16,22H,5-6,10-14H2,1H3,(H,20,23)/b9-4+. The number of nitrogens with one attached hydrogen (secondary N) is 1. The Hall–Kier alpha value is -1.85. The minimum atomic E-state index is -0.498. The summed E-state index contributed by atoms with van der Waals surface area (Å²) >= 11 is 0. The molecule has 1 aromatic rings. The van der Waals surface area contributed by atoms with Gasteiger partial charge in [-0.25, -0.2) is 0 Å². The Kier molecular flexibility index (Phi) is 5.21. The van der Waals surface area contributed by atoms with Gasteiger partial charge in [-0.1, -0.05) is 12.1 Å². The van der Waals surface area contributed by atoms with Crippen LogP contribution < -0.4 is 10.2 Å². The van der Waals surface area contributed by atoms with E-state index in [4.69, 9.17) is 4.74 Å². The number of anilines is 1. The Bertz CT molecular complexity index is 589. The summed E-state index contributed by atoms with van der Waals surface area (Å²) in [4.78, 5) is 14.4. The second-order valence-electron chi connectivity index (χ2n) is 6.86. The Labute approximate surface area is 143 Å². The summed E-state index contributed by atoms with van der Waals surface area (Å²) in [6, 6.07) is 8.18. The van der Waals surface area contributed by atoms with Crippen molar-refractivity contribution in [2.45, 2.75) is 25.3 Å². The molecule has 1 atom stereocenters. The van der Waals surface area contributed by atoms with Gasteiger partial charge in [-0.3, -0.25) is 4.79 Å². The molecule has 0 bridgehead atoms. The lowest BCUT2D eigenvalue weighted by Crippen LogP contribution is -2.50. The number of aliphatic hydroxyl groups is 1. The molecule has 1 heterocycles. The van der Waals surface area contributed by atoms with Gasteiger partial charge in [0.1, 0.15) is 0 Å². The maximum Gasteiger partial charge on any atom is 0.244 e. The molecule has 1 aromatic carbocycles. The number of hydrogen-bond donors (Lipinski definition) is 2. The zero-order chi connectivity index (χ0) is 17.0. The van der Waals surface area contributed by atoms with E-state index in [9.17, 15) is 9.90 Å². The second kappa shape index (κ2) is 7.36. The number of morpholine rings is 1. The molecule has 2 aliphatic rings. The first-order valence-electron chi connectivity index (χ1n) is 8.64. The zero-order valence-electron chi connectivity index (χ0n) is 14.2. The minimum Gasteiger partial charge on any atom is -0.394 e. The highest BCUT2D eigenvalue weighted by atomic mass is 16.5. The Balaban J connectivity index is 1.56. The normalized spacial score (nSPS) is 20.8. The van der Waals surface area contributed by atoms with E-state index in [0.29, 0.717) is 5.92 Å². The smallest absolute Gasteiger partial charge is 0.244 e. The topological polar surface area (TPSA) is 61.8 Å². The van der Waals surface area contributed by atoms with Crippen LogP contribution in [0.25, 0.3) is 6.08 Å². The Morgan fingerprint density at radius 1 is 1.33 bits per heavy atom. The minimum absolute atomic E-state index is 0.0223. The van der Waals surface area contributed by atoms with Crippen molar-refractivity contribution in [2.24, 2.45) is 5.92 Å². The van der Waals surface area contributed by atoms with Crippen molar-refractivity contribution in [3.05, 3.63) is 35.9 Å². The highest BCUT2D eigenvalue weighted by Crippen LogP contribution is 2.39. The van der Waals surface area contributed by atoms with E-state index in [0.717, 1.165) is 44.7 Å². The average molecular weight is 330 g/mol. The molecule has 0 radical (unpaired) electrons. The molecule has 0 aromatic heterocycles. The molecular formula is C19H26N2O3. The molecular weight excluding hydrogens is 304 g/mol. The molecule has 3 rings (SSSR count). The molecule has 1 amide bonds. The van der Waals surface area contributed by atoms with E-state index in [2.05, 4.69) is 22.3 Å². The first-order chi connectivity index (χ1) is 11.6. The van der Waals surface area contributed by atoms with E-state index < -0.39 is 5.54 Å². The number of amides is 1. The molecule has 0 spiro atoms. The number of rotatable bonds is 6. The van der Waals surface area contributed by atoms with Crippen LogP contribution in [0, 0.1) is 5.92 Å². The number of benzene rings is 1. The fourth-order valence-electron chi connectivity index (χ4n) is 3.10. The van der Waals surface area contributed by atoms with E-state index in [1.165, 1.54) is 5.69 Å². The van der Waals surface area contributed by atoms with Gasteiger partial charge >= 0.3 is 0 Å². The van der Waals surface area contributed by atoms with Crippen LogP contribution >= 0.6 is 0 Å². The fraction of sp³-hybridized carbons (Fsp3) is 0.526. The Morgan fingerprint density at radius 2 is 2.00 bits per heavy atom. The van der Waals surface area contributed by atoms with Crippen molar-refractivity contribution in [1.82, 2.24) is 5.32 Å². The number of ether oxygens (including phenoxy) is 1. The maximum atomic E-state index is 12.1. The summed E-state index contributed by atoms with van der Waals surface area (Å²) in [5.41, 5.74) is 1.67. The predicted octanol–water partition coefficient (Wildman–Crippen LogP) is 1.81. The number of carbonyl (C=O) groups is 1. The van der Waals surface area contributed by atoms with Gasteiger partial charge in [0.2, 0.25) is 5.91 Å². The lowest BCUT2D eigenvalue weighted by atomic mass is 9.97. The lowest BCUT2D eigenvalue weighted by Gasteiger charge is -2.28. The summed E-state index contributed by atoms with van der Waals surface area (Å²) in [6.45, 7) is 5.26. The van der Waals surface area contributed by atoms with Crippen LogP contribution in [0.1, 0.15) is 25.3 Å². The molecule has 5 heteroatoms. The van der Waals surface area contributed by atoms with Gasteiger partial charge in [0, 0.05) is 24.9 Å². The van der Waals surface area contributed by atoms with Gasteiger partial charge in [-0.05, 0) is 49.5 Å². The van der Waals surface area contributed by atoms with Crippen LogP contribution in [0.15, 0.2) is 30.3 Å². The molecule has 5 nitrogen and oxygen atoms in total. The van der Waals surface area contributed by atoms with E-state index in [1.807, 2.05) is 25.1 Å². The van der Waals surface area contributed by atoms with Crippen molar-refractivity contribution in [3.63, 3.8) is 0 Å². The molecule has 2 N–H and O–H groups in total. The van der Waals surface area contributed by atoms with Crippen molar-refractivity contribution >= 4 is 17.7 Å². The van der Waals surface area contributed by atoms with Gasteiger partial charge in [0.25, 0.3) is 0 Å². The van der Waals surface area contributed by atoms with Gasteiger partial charge in [-0.2, -0.15) is 0 Å². The first kappa shape index (κ1) is 17.0. The van der Waals surface area contributed by atoms with Crippen molar-refractivity contribution in [1.29, 1.82) is 0 Å². The van der Waals surface area contributed by atoms with Crippen LogP contribution in [-0.4, -0.2) is 49.5 Å². The Morgan fingerprint density at radius 3 is 2.58 bits per heavy atom. The van der Waals surface area contributed by atoms with Crippen LogP contribution in [-0.2, 0) is 9.53 Å². The molecule has 24 heavy (non-hydrogen) atoms. The van der Waals surface area contributed by atoms with Gasteiger partial charge in [0.15, 0.2) is 0 Å². The third-order valence-corrected chi connectivity index (χ3v) is 4.91. The number of aliphatic hydroxyl groups excluding tert-OH is 1.